The third-order valence-corrected chi connectivity index (χ3v) is 2.60. The molecular formula is C9H16N4O. The van der Waals surface area contributed by atoms with Crippen LogP contribution in [-0.2, 0) is 11.8 Å². The number of aryl methyl sites for hydroxylation is 1. The van der Waals surface area contributed by atoms with Crippen molar-refractivity contribution in [2.45, 2.75) is 12.1 Å². The summed E-state index contributed by atoms with van der Waals surface area (Å²) < 4.78 is 7.31. The maximum atomic E-state index is 5.35. The van der Waals surface area contributed by atoms with Crippen molar-refractivity contribution >= 4 is 5.95 Å². The number of anilines is 1. The number of nitrogens with zero attached hydrogens (tertiary/aromatic N) is 2. The van der Waals surface area contributed by atoms with Crippen molar-refractivity contribution in [2.24, 2.45) is 7.05 Å². The van der Waals surface area contributed by atoms with Crippen LogP contribution in [0.25, 0.3) is 0 Å². The fourth-order valence-electron chi connectivity index (χ4n) is 1.72. The largest absolute Gasteiger partial charge is 0.378 e. The molecule has 0 bridgehead atoms. The Bertz CT molecular complexity index is 299. The highest BCUT2D eigenvalue weighted by Crippen LogP contribution is 2.10. The van der Waals surface area contributed by atoms with Crippen molar-refractivity contribution in [1.29, 1.82) is 0 Å². The van der Waals surface area contributed by atoms with Crippen molar-refractivity contribution in [3.8, 4) is 0 Å². The van der Waals surface area contributed by atoms with Gasteiger partial charge in [0.25, 0.3) is 0 Å². The summed E-state index contributed by atoms with van der Waals surface area (Å²) in [5.41, 5.74) is 0. The molecule has 0 aromatic carbocycles. The second-order valence-electron chi connectivity index (χ2n) is 3.54. The van der Waals surface area contributed by atoms with Gasteiger partial charge in [-0.25, -0.2) is 4.98 Å². The first kappa shape index (κ1) is 9.48. The number of hydrogen-bond donors (Lipinski definition) is 2. The Balaban J connectivity index is 2.00. The molecule has 2 heterocycles. The van der Waals surface area contributed by atoms with E-state index in [-0.39, 0.29) is 6.10 Å². The lowest BCUT2D eigenvalue weighted by atomic mass is 10.2. The van der Waals surface area contributed by atoms with Crippen LogP contribution in [0.5, 0.6) is 0 Å². The molecule has 1 aliphatic rings. The van der Waals surface area contributed by atoms with Crippen LogP contribution in [0, 0.1) is 0 Å². The molecule has 2 atom stereocenters. The monoisotopic (exact) mass is 196 g/mol. The van der Waals surface area contributed by atoms with Gasteiger partial charge in [-0.1, -0.05) is 0 Å². The van der Waals surface area contributed by atoms with Gasteiger partial charge in [-0.2, -0.15) is 0 Å². The van der Waals surface area contributed by atoms with E-state index in [0.29, 0.717) is 6.04 Å². The Morgan fingerprint density at radius 1 is 1.64 bits per heavy atom. The molecule has 1 aromatic heterocycles. The minimum absolute atomic E-state index is 0.228. The van der Waals surface area contributed by atoms with Gasteiger partial charge in [0.05, 0.1) is 12.1 Å². The molecule has 0 spiro atoms. The van der Waals surface area contributed by atoms with Crippen molar-refractivity contribution in [3.05, 3.63) is 12.4 Å². The molecule has 1 aliphatic heterocycles. The van der Waals surface area contributed by atoms with Crippen LogP contribution in [0.1, 0.15) is 0 Å². The maximum Gasteiger partial charge on any atom is 0.202 e. The smallest absolute Gasteiger partial charge is 0.202 e. The van der Waals surface area contributed by atoms with E-state index < -0.39 is 0 Å². The van der Waals surface area contributed by atoms with Crippen LogP contribution < -0.4 is 10.6 Å². The summed E-state index contributed by atoms with van der Waals surface area (Å²) in [4.78, 5) is 4.22. The Morgan fingerprint density at radius 3 is 3.14 bits per heavy atom. The van der Waals surface area contributed by atoms with E-state index in [1.54, 1.807) is 13.3 Å². The minimum atomic E-state index is 0.228. The molecule has 5 nitrogen and oxygen atoms in total. The highest BCUT2D eigenvalue weighted by Gasteiger charge is 2.27. The van der Waals surface area contributed by atoms with E-state index in [2.05, 4.69) is 15.6 Å². The Labute approximate surface area is 83.5 Å². The van der Waals surface area contributed by atoms with Gasteiger partial charge in [0.1, 0.15) is 0 Å². The first-order chi connectivity index (χ1) is 6.81. The van der Waals surface area contributed by atoms with Crippen LogP contribution in [0.15, 0.2) is 12.4 Å². The number of rotatable bonds is 3. The summed E-state index contributed by atoms with van der Waals surface area (Å²) in [6.45, 7) is 1.82. The number of nitrogens with one attached hydrogen (secondary N) is 2. The van der Waals surface area contributed by atoms with Gasteiger partial charge in [0.15, 0.2) is 0 Å². The topological polar surface area (TPSA) is 51.1 Å². The first-order valence-corrected chi connectivity index (χ1v) is 4.78. The zero-order chi connectivity index (χ0) is 9.97. The zero-order valence-electron chi connectivity index (χ0n) is 8.53. The number of hydrogen-bond acceptors (Lipinski definition) is 4. The van der Waals surface area contributed by atoms with Gasteiger partial charge in [-0.15, -0.1) is 0 Å². The zero-order valence-corrected chi connectivity index (χ0v) is 8.53. The lowest BCUT2D eigenvalue weighted by molar-refractivity contribution is 0.111. The van der Waals surface area contributed by atoms with Crippen molar-refractivity contribution in [3.63, 3.8) is 0 Å². The molecule has 2 rings (SSSR count). The van der Waals surface area contributed by atoms with E-state index in [9.17, 15) is 0 Å². The third kappa shape index (κ3) is 1.73. The van der Waals surface area contributed by atoms with E-state index in [1.807, 2.05) is 17.8 Å². The molecule has 0 amide bonds. The summed E-state index contributed by atoms with van der Waals surface area (Å²) in [7, 11) is 3.71. The summed E-state index contributed by atoms with van der Waals surface area (Å²) >= 11 is 0. The number of ether oxygens (including phenoxy) is 1. The van der Waals surface area contributed by atoms with Crippen molar-refractivity contribution < 1.29 is 4.74 Å². The van der Waals surface area contributed by atoms with E-state index in [0.717, 1.165) is 19.0 Å². The summed E-state index contributed by atoms with van der Waals surface area (Å²) in [5.74, 6) is 0.890. The minimum Gasteiger partial charge on any atom is -0.378 e. The summed E-state index contributed by atoms with van der Waals surface area (Å²) in [6.07, 6.45) is 3.94. The number of aromatic nitrogens is 2. The van der Waals surface area contributed by atoms with Crippen LogP contribution in [-0.4, -0.2) is 41.9 Å². The van der Waals surface area contributed by atoms with Crippen LogP contribution in [0.3, 0.4) is 0 Å². The van der Waals surface area contributed by atoms with Gasteiger partial charge in [-0.3, -0.25) is 0 Å². The lowest BCUT2D eigenvalue weighted by Gasteiger charge is -2.18. The Kier molecular flexibility index (Phi) is 2.69. The molecule has 78 valence electrons. The van der Waals surface area contributed by atoms with Crippen molar-refractivity contribution in [2.75, 3.05) is 25.5 Å². The molecule has 0 radical (unpaired) electrons. The quantitative estimate of drug-likeness (QED) is 0.704. The maximum absolute atomic E-state index is 5.35. The fraction of sp³-hybridized carbons (Fsp3) is 0.667. The molecule has 14 heavy (non-hydrogen) atoms. The molecule has 0 aliphatic carbocycles. The van der Waals surface area contributed by atoms with E-state index in [1.165, 1.54) is 0 Å². The average molecular weight is 196 g/mol. The number of methoxy groups -OCH3 is 1. The second kappa shape index (κ2) is 3.98. The van der Waals surface area contributed by atoms with Crippen molar-refractivity contribution in [1.82, 2.24) is 14.9 Å². The summed E-state index contributed by atoms with van der Waals surface area (Å²) in [6, 6.07) is 0.307. The van der Waals surface area contributed by atoms with Gasteiger partial charge >= 0.3 is 0 Å². The highest BCUT2D eigenvalue weighted by atomic mass is 16.5. The van der Waals surface area contributed by atoms with Gasteiger partial charge in [-0.05, 0) is 0 Å². The molecule has 0 saturated carbocycles. The van der Waals surface area contributed by atoms with Crippen LogP contribution in [0.2, 0.25) is 0 Å². The predicted molar refractivity (Wildman–Crippen MR) is 54.3 cm³/mol. The Morgan fingerprint density at radius 2 is 2.50 bits per heavy atom. The third-order valence-electron chi connectivity index (χ3n) is 2.60. The predicted octanol–water partition coefficient (Wildman–Crippen LogP) is -0.181. The first-order valence-electron chi connectivity index (χ1n) is 4.78. The molecular weight excluding hydrogens is 180 g/mol. The molecule has 1 saturated heterocycles. The van der Waals surface area contributed by atoms with Gasteiger partial charge in [0, 0.05) is 39.6 Å². The second-order valence-corrected chi connectivity index (χ2v) is 3.54. The van der Waals surface area contributed by atoms with Gasteiger partial charge in [0.2, 0.25) is 5.95 Å². The Hall–Kier alpha value is -1.07. The summed E-state index contributed by atoms with van der Waals surface area (Å²) in [5, 5.41) is 6.64. The van der Waals surface area contributed by atoms with Gasteiger partial charge < -0.3 is 19.9 Å². The van der Waals surface area contributed by atoms with E-state index >= 15 is 0 Å². The number of imidazole rings is 1. The molecule has 5 heteroatoms. The average Bonchev–Trinajstić information content (AvgIpc) is 2.77. The van der Waals surface area contributed by atoms with Crippen LogP contribution in [0.4, 0.5) is 5.95 Å². The molecule has 1 fully saturated rings. The fourth-order valence-corrected chi connectivity index (χ4v) is 1.72. The van der Waals surface area contributed by atoms with Crippen LogP contribution >= 0.6 is 0 Å². The van der Waals surface area contributed by atoms with E-state index in [4.69, 9.17) is 4.74 Å². The molecule has 2 N–H and O–H groups in total. The normalized spacial score (nSPS) is 26.7. The highest BCUT2D eigenvalue weighted by molar-refractivity contribution is 5.28. The molecule has 1 aromatic rings. The molecule has 1 unspecified atom stereocenters. The standard InChI is InChI=1S/C9H16N4O/c1-13-4-3-11-9(13)12-7-5-10-6-8(7)14-2/h3-4,7-8,10H,5-6H2,1-2H3,(H,11,12)/t7?,8-/m0/s1. The SMILES string of the molecule is CO[C@H]1CNCC1Nc1nccn1C. The lowest BCUT2D eigenvalue weighted by Crippen LogP contribution is -2.34.